The summed E-state index contributed by atoms with van der Waals surface area (Å²) in [6.45, 7) is 0. The Balaban J connectivity index is 1.61. The number of hydrogen-bond acceptors (Lipinski definition) is 0. The normalized spacial score (nSPS) is 37.6. The molecule has 0 aliphatic heterocycles. The second-order valence-electron chi connectivity index (χ2n) is 7.64. The van der Waals surface area contributed by atoms with Crippen LogP contribution in [0, 0.1) is 11.3 Å². The molecule has 2 unspecified atom stereocenters. The smallest absolute Gasteiger partial charge is 0.0847 e. The van der Waals surface area contributed by atoms with E-state index in [-0.39, 0.29) is 3.23 Å². The molecule has 4 aliphatic rings. The Bertz CT molecular complexity index is 385. The van der Waals surface area contributed by atoms with Gasteiger partial charge in [0, 0.05) is 5.41 Å². The fraction of sp³-hybridized carbons (Fsp3) is 0.895. The van der Waals surface area contributed by atoms with Gasteiger partial charge in [0.1, 0.15) is 0 Å². The number of alkyl halides is 2. The molecular weight excluding hydrogens is 388 g/mol. The molecule has 0 amide bonds. The van der Waals surface area contributed by atoms with Crippen LogP contribution >= 0.6 is 31.9 Å². The predicted molar refractivity (Wildman–Crippen MR) is 99.2 cm³/mol. The molecule has 2 fully saturated rings. The van der Waals surface area contributed by atoms with Gasteiger partial charge in [0.25, 0.3) is 0 Å². The van der Waals surface area contributed by atoms with Crippen LogP contribution in [-0.2, 0) is 0 Å². The van der Waals surface area contributed by atoms with Crippen molar-refractivity contribution in [2.75, 3.05) is 0 Å². The van der Waals surface area contributed by atoms with Crippen molar-refractivity contribution in [3.63, 3.8) is 0 Å². The highest BCUT2D eigenvalue weighted by molar-refractivity contribution is 9.25. The molecule has 4 aliphatic carbocycles. The molecule has 2 bridgehead atoms. The van der Waals surface area contributed by atoms with Crippen LogP contribution in [0.15, 0.2) is 11.6 Å². The summed E-state index contributed by atoms with van der Waals surface area (Å²) in [5, 5.41) is 0. The predicted octanol–water partition coefficient (Wildman–Crippen LogP) is 7.50. The molecule has 0 N–H and O–H groups in total. The van der Waals surface area contributed by atoms with Crippen molar-refractivity contribution in [1.29, 1.82) is 0 Å². The van der Waals surface area contributed by atoms with E-state index in [1.54, 1.807) is 5.57 Å². The van der Waals surface area contributed by atoms with Gasteiger partial charge in [0.2, 0.25) is 0 Å². The molecule has 2 heteroatoms. The summed E-state index contributed by atoms with van der Waals surface area (Å²) in [7, 11) is 0. The Morgan fingerprint density at radius 3 is 2.00 bits per heavy atom. The Morgan fingerprint density at radius 2 is 1.38 bits per heavy atom. The summed E-state index contributed by atoms with van der Waals surface area (Å²) in [6.07, 6.45) is 22.6. The number of hydrogen-bond donors (Lipinski definition) is 0. The van der Waals surface area contributed by atoms with Crippen LogP contribution in [-0.4, -0.2) is 3.23 Å². The van der Waals surface area contributed by atoms with E-state index in [9.17, 15) is 0 Å². The molecule has 0 nitrogen and oxygen atoms in total. The van der Waals surface area contributed by atoms with Crippen LogP contribution in [0.1, 0.15) is 89.9 Å². The SMILES string of the molecule is BrC1(Br)C2CC3=CCC21CCCCCCCCCCCC3. The number of fused-ring (bicyclic) bond motifs is 12. The van der Waals surface area contributed by atoms with Crippen molar-refractivity contribution >= 4 is 31.9 Å². The van der Waals surface area contributed by atoms with E-state index in [0.717, 1.165) is 5.92 Å². The molecule has 4 rings (SSSR count). The average molecular weight is 418 g/mol. The summed E-state index contributed by atoms with van der Waals surface area (Å²) >= 11 is 8.04. The third-order valence-electron chi connectivity index (χ3n) is 6.28. The molecule has 2 atom stereocenters. The van der Waals surface area contributed by atoms with Gasteiger partial charge >= 0.3 is 0 Å². The van der Waals surface area contributed by atoms with E-state index in [4.69, 9.17) is 0 Å². The number of rotatable bonds is 0. The lowest BCUT2D eigenvalue weighted by Crippen LogP contribution is -2.11. The molecule has 0 aromatic carbocycles. The molecular formula is C19H30Br2. The molecule has 0 aromatic rings. The molecule has 0 aromatic heterocycles. The zero-order valence-electron chi connectivity index (χ0n) is 13.3. The molecule has 0 saturated heterocycles. The monoisotopic (exact) mass is 416 g/mol. The fourth-order valence-electron chi connectivity index (χ4n) is 4.72. The third-order valence-corrected chi connectivity index (χ3v) is 8.96. The van der Waals surface area contributed by atoms with Gasteiger partial charge < -0.3 is 0 Å². The minimum Gasteiger partial charge on any atom is -0.0847 e. The zero-order valence-corrected chi connectivity index (χ0v) is 16.5. The minimum absolute atomic E-state index is 0.249. The highest BCUT2D eigenvalue weighted by Gasteiger charge is 2.73. The van der Waals surface area contributed by atoms with Gasteiger partial charge in [-0.2, -0.15) is 0 Å². The first-order chi connectivity index (χ1) is 10.2. The number of allylic oxidation sites excluding steroid dienone is 2. The lowest BCUT2D eigenvalue weighted by atomic mass is 9.83. The summed E-state index contributed by atoms with van der Waals surface area (Å²) in [5.41, 5.74) is 2.29. The lowest BCUT2D eigenvalue weighted by molar-refractivity contribution is 0.377. The maximum Gasteiger partial charge on any atom is 0.0905 e. The molecule has 1 spiro atoms. The van der Waals surface area contributed by atoms with Gasteiger partial charge in [-0.05, 0) is 38.0 Å². The minimum atomic E-state index is 0.249. The van der Waals surface area contributed by atoms with Crippen molar-refractivity contribution in [1.82, 2.24) is 0 Å². The van der Waals surface area contributed by atoms with E-state index in [2.05, 4.69) is 37.9 Å². The van der Waals surface area contributed by atoms with Gasteiger partial charge in [-0.1, -0.05) is 101 Å². The van der Waals surface area contributed by atoms with Crippen LogP contribution in [0.5, 0.6) is 0 Å². The Labute approximate surface area is 147 Å². The van der Waals surface area contributed by atoms with Crippen molar-refractivity contribution in [2.24, 2.45) is 11.3 Å². The third kappa shape index (κ3) is 3.47. The van der Waals surface area contributed by atoms with Gasteiger partial charge in [-0.25, -0.2) is 0 Å². The fourth-order valence-corrected chi connectivity index (χ4v) is 6.96. The summed E-state index contributed by atoms with van der Waals surface area (Å²) < 4.78 is 0.249. The highest BCUT2D eigenvalue weighted by Crippen LogP contribution is 2.78. The van der Waals surface area contributed by atoms with Crippen molar-refractivity contribution < 1.29 is 0 Å². The maximum atomic E-state index is 4.02. The average Bonchev–Trinajstić information content (AvgIpc) is 2.95. The number of halogens is 2. The largest absolute Gasteiger partial charge is 0.0905 e. The molecule has 0 heterocycles. The summed E-state index contributed by atoms with van der Waals surface area (Å²) in [6, 6.07) is 0. The highest BCUT2D eigenvalue weighted by atomic mass is 79.9. The first-order valence-electron chi connectivity index (χ1n) is 9.22. The zero-order chi connectivity index (χ0) is 14.8. The summed E-state index contributed by atoms with van der Waals surface area (Å²) in [4.78, 5) is 0. The van der Waals surface area contributed by atoms with Crippen LogP contribution < -0.4 is 0 Å². The van der Waals surface area contributed by atoms with Gasteiger partial charge in [0.05, 0.1) is 3.23 Å². The first kappa shape index (κ1) is 16.6. The van der Waals surface area contributed by atoms with Crippen molar-refractivity contribution in [2.45, 2.75) is 93.1 Å². The molecule has 0 radical (unpaired) electrons. The Morgan fingerprint density at radius 1 is 0.810 bits per heavy atom. The van der Waals surface area contributed by atoms with Crippen LogP contribution in [0.25, 0.3) is 0 Å². The summed E-state index contributed by atoms with van der Waals surface area (Å²) in [5.74, 6) is 0.845. The van der Waals surface area contributed by atoms with Gasteiger partial charge in [-0.15, -0.1) is 0 Å². The van der Waals surface area contributed by atoms with E-state index in [1.165, 1.54) is 89.9 Å². The Kier molecular flexibility index (Phi) is 5.58. The van der Waals surface area contributed by atoms with Crippen LogP contribution in [0.3, 0.4) is 0 Å². The van der Waals surface area contributed by atoms with Gasteiger partial charge in [-0.3, -0.25) is 0 Å². The van der Waals surface area contributed by atoms with E-state index >= 15 is 0 Å². The molecule has 2 saturated carbocycles. The second-order valence-corrected chi connectivity index (χ2v) is 11.2. The standard InChI is InChI=1S/C19H30Br2/c20-19(21)17-15-16-11-9-7-5-3-1-2-4-6-8-10-13-18(17,19)14-12-16/h12,17H,1-11,13-15H2. The quantitative estimate of drug-likeness (QED) is 0.282. The van der Waals surface area contributed by atoms with Crippen molar-refractivity contribution in [3.05, 3.63) is 11.6 Å². The van der Waals surface area contributed by atoms with Crippen LogP contribution in [0.4, 0.5) is 0 Å². The van der Waals surface area contributed by atoms with E-state index < -0.39 is 0 Å². The Hall–Kier alpha value is 0.700. The molecule has 21 heavy (non-hydrogen) atoms. The van der Waals surface area contributed by atoms with Crippen LogP contribution in [0.2, 0.25) is 0 Å². The van der Waals surface area contributed by atoms with E-state index in [0.29, 0.717) is 5.41 Å². The van der Waals surface area contributed by atoms with E-state index in [1.807, 2.05) is 0 Å². The molecule has 120 valence electrons. The first-order valence-corrected chi connectivity index (χ1v) is 10.8. The maximum absolute atomic E-state index is 4.02. The topological polar surface area (TPSA) is 0 Å². The lowest BCUT2D eigenvalue weighted by Gasteiger charge is -2.22. The van der Waals surface area contributed by atoms with Crippen molar-refractivity contribution in [3.8, 4) is 0 Å². The second kappa shape index (κ2) is 7.07. The van der Waals surface area contributed by atoms with Gasteiger partial charge in [0.15, 0.2) is 0 Å².